The molecule has 0 amide bonds. The molecule has 2 aromatic carbocycles. The highest BCUT2D eigenvalue weighted by Crippen LogP contribution is 2.38. The first kappa shape index (κ1) is 26.4. The van der Waals surface area contributed by atoms with Gasteiger partial charge in [0.1, 0.15) is 11.6 Å². The minimum absolute atomic E-state index is 0. The molecule has 2 aromatic heterocycles. The summed E-state index contributed by atoms with van der Waals surface area (Å²) in [4.78, 5) is 9.02. The Hall–Kier alpha value is -2.70. The number of rotatable bonds is 8. The van der Waals surface area contributed by atoms with Crippen molar-refractivity contribution in [3.8, 4) is 16.9 Å². The molecule has 0 saturated heterocycles. The van der Waals surface area contributed by atoms with Crippen LogP contribution in [0.3, 0.4) is 0 Å². The zero-order valence-electron chi connectivity index (χ0n) is 21.8. The molecule has 0 atom stereocenters. The summed E-state index contributed by atoms with van der Waals surface area (Å²) in [6, 6.07) is 15.2. The van der Waals surface area contributed by atoms with E-state index in [0.29, 0.717) is 0 Å². The lowest BCUT2D eigenvalue weighted by Gasteiger charge is -2.27. The highest BCUT2D eigenvalue weighted by atomic mass is 35.5. The molecule has 190 valence electrons. The Bertz CT molecular complexity index is 1370. The van der Waals surface area contributed by atoms with Crippen molar-refractivity contribution in [1.29, 1.82) is 0 Å². The van der Waals surface area contributed by atoms with Crippen LogP contribution in [-0.4, -0.2) is 34.5 Å². The van der Waals surface area contributed by atoms with Gasteiger partial charge in [-0.25, -0.2) is 4.98 Å². The Balaban J connectivity index is 0.00000304. The number of aryl methyl sites for hydroxylation is 3. The van der Waals surface area contributed by atoms with Crippen LogP contribution < -0.4 is 9.64 Å². The van der Waals surface area contributed by atoms with Crippen molar-refractivity contribution < 1.29 is 4.74 Å². The first-order valence-corrected chi connectivity index (χ1v) is 13.7. The number of halogens is 1. The third kappa shape index (κ3) is 4.81. The van der Waals surface area contributed by atoms with Crippen molar-refractivity contribution in [2.45, 2.75) is 57.9 Å². The van der Waals surface area contributed by atoms with Crippen LogP contribution in [0.5, 0.6) is 5.75 Å². The zero-order chi connectivity index (χ0) is 24.5. The SMILES string of the molecule is CCCN(Cc1ccc(SC)cc1)c1c2c(nc3c(-c4ccc(OC)cc4C)c(C)nn13)CCC2.Cl. The third-order valence-corrected chi connectivity index (χ3v) is 7.71. The van der Waals surface area contributed by atoms with Crippen molar-refractivity contribution in [3.63, 3.8) is 0 Å². The summed E-state index contributed by atoms with van der Waals surface area (Å²) in [5.74, 6) is 2.09. The number of nitrogens with zero attached hydrogens (tertiary/aromatic N) is 4. The number of thioether (sulfide) groups is 1. The topological polar surface area (TPSA) is 42.7 Å². The second-order valence-electron chi connectivity index (χ2n) is 9.36. The van der Waals surface area contributed by atoms with Crippen LogP contribution in [0.25, 0.3) is 16.8 Å². The van der Waals surface area contributed by atoms with E-state index in [1.807, 2.05) is 6.07 Å². The summed E-state index contributed by atoms with van der Waals surface area (Å²) < 4.78 is 7.58. The molecule has 36 heavy (non-hydrogen) atoms. The van der Waals surface area contributed by atoms with Crippen LogP contribution in [0.1, 0.15) is 47.8 Å². The van der Waals surface area contributed by atoms with Gasteiger partial charge in [0.2, 0.25) is 0 Å². The fraction of sp³-hybridized carbons (Fsp3) is 0.379. The van der Waals surface area contributed by atoms with Crippen LogP contribution in [0.4, 0.5) is 5.82 Å². The molecule has 7 heteroatoms. The van der Waals surface area contributed by atoms with E-state index in [1.165, 1.54) is 38.7 Å². The molecule has 5 nitrogen and oxygen atoms in total. The van der Waals surface area contributed by atoms with E-state index in [2.05, 4.69) is 72.8 Å². The number of fused-ring (bicyclic) bond motifs is 2. The van der Waals surface area contributed by atoms with Crippen molar-refractivity contribution in [1.82, 2.24) is 14.6 Å². The highest BCUT2D eigenvalue weighted by Gasteiger charge is 2.27. The molecule has 0 spiro atoms. The number of methoxy groups -OCH3 is 1. The predicted octanol–water partition coefficient (Wildman–Crippen LogP) is 7.07. The summed E-state index contributed by atoms with van der Waals surface area (Å²) >= 11 is 1.78. The van der Waals surface area contributed by atoms with E-state index in [-0.39, 0.29) is 12.4 Å². The van der Waals surface area contributed by atoms with E-state index in [0.717, 1.165) is 61.4 Å². The number of hydrogen-bond donors (Lipinski definition) is 0. The van der Waals surface area contributed by atoms with Crippen LogP contribution >= 0.6 is 24.2 Å². The second-order valence-corrected chi connectivity index (χ2v) is 10.2. The molecular formula is C29H35ClN4OS. The maximum Gasteiger partial charge on any atom is 0.165 e. The summed E-state index contributed by atoms with van der Waals surface area (Å²) in [5, 5.41) is 5.10. The van der Waals surface area contributed by atoms with Crippen molar-refractivity contribution in [2.24, 2.45) is 0 Å². The third-order valence-electron chi connectivity index (χ3n) is 6.96. The van der Waals surface area contributed by atoms with Gasteiger partial charge in [-0.3, -0.25) is 0 Å². The Morgan fingerprint density at radius 2 is 1.86 bits per heavy atom. The van der Waals surface area contributed by atoms with Crippen LogP contribution in [0.15, 0.2) is 47.4 Å². The van der Waals surface area contributed by atoms with Gasteiger partial charge in [0, 0.05) is 34.8 Å². The average Bonchev–Trinajstić information content (AvgIpc) is 3.46. The fourth-order valence-corrected chi connectivity index (χ4v) is 5.69. The Labute approximate surface area is 224 Å². The standard InChI is InChI=1S/C29H34N4OS.ClH/c1-6-16-32(18-21-10-13-23(35-5)14-11-21)29-25-8-7-9-26(25)30-28-27(20(3)31-33(28)29)24-15-12-22(34-4)17-19(24)2;/h10-15,17H,6-9,16,18H2,1-5H3;1H. The Kier molecular flexibility index (Phi) is 8.16. The highest BCUT2D eigenvalue weighted by molar-refractivity contribution is 7.98. The summed E-state index contributed by atoms with van der Waals surface area (Å²) in [6.45, 7) is 8.34. The van der Waals surface area contributed by atoms with Gasteiger partial charge >= 0.3 is 0 Å². The van der Waals surface area contributed by atoms with E-state index in [4.69, 9.17) is 14.8 Å². The molecule has 1 aliphatic carbocycles. The summed E-state index contributed by atoms with van der Waals surface area (Å²) in [5.41, 5.74) is 9.37. The smallest absolute Gasteiger partial charge is 0.165 e. The maximum absolute atomic E-state index is 5.45. The van der Waals surface area contributed by atoms with Gasteiger partial charge < -0.3 is 9.64 Å². The van der Waals surface area contributed by atoms with Gasteiger partial charge in [-0.1, -0.05) is 25.1 Å². The van der Waals surface area contributed by atoms with E-state index in [1.54, 1.807) is 18.9 Å². The van der Waals surface area contributed by atoms with Crippen LogP contribution in [-0.2, 0) is 19.4 Å². The monoisotopic (exact) mass is 522 g/mol. The van der Waals surface area contributed by atoms with Crippen molar-refractivity contribution >= 4 is 35.6 Å². The lowest BCUT2D eigenvalue weighted by atomic mass is 10.0. The number of benzene rings is 2. The number of ether oxygens (including phenoxy) is 1. The van der Waals surface area contributed by atoms with Crippen LogP contribution in [0, 0.1) is 13.8 Å². The predicted molar refractivity (Wildman–Crippen MR) is 153 cm³/mol. The number of anilines is 1. The van der Waals surface area contributed by atoms with Gasteiger partial charge in [-0.05, 0) is 86.7 Å². The molecule has 0 aliphatic heterocycles. The first-order chi connectivity index (χ1) is 17.0. The summed E-state index contributed by atoms with van der Waals surface area (Å²) in [6.07, 6.45) is 6.45. The van der Waals surface area contributed by atoms with Crippen molar-refractivity contribution in [3.05, 3.63) is 70.5 Å². The molecule has 2 heterocycles. The van der Waals surface area contributed by atoms with Gasteiger partial charge in [0.25, 0.3) is 0 Å². The largest absolute Gasteiger partial charge is 0.497 e. The lowest BCUT2D eigenvalue weighted by molar-refractivity contribution is 0.414. The fourth-order valence-electron chi connectivity index (χ4n) is 5.28. The molecule has 0 radical (unpaired) electrons. The first-order valence-electron chi connectivity index (χ1n) is 12.5. The molecule has 0 unspecified atom stereocenters. The average molecular weight is 523 g/mol. The second kappa shape index (κ2) is 11.1. The molecule has 0 saturated carbocycles. The molecule has 1 aliphatic rings. The normalized spacial score (nSPS) is 12.5. The lowest BCUT2D eigenvalue weighted by Crippen LogP contribution is -2.27. The maximum atomic E-state index is 5.45. The minimum atomic E-state index is 0. The molecule has 4 aromatic rings. The minimum Gasteiger partial charge on any atom is -0.497 e. The van der Waals surface area contributed by atoms with Gasteiger partial charge in [0.05, 0.1) is 12.8 Å². The van der Waals surface area contributed by atoms with Crippen LogP contribution in [0.2, 0.25) is 0 Å². The van der Waals surface area contributed by atoms with Gasteiger partial charge in [-0.15, -0.1) is 24.2 Å². The van der Waals surface area contributed by atoms with Gasteiger partial charge in [-0.2, -0.15) is 9.61 Å². The number of hydrogen-bond acceptors (Lipinski definition) is 5. The molecule has 0 bridgehead atoms. The van der Waals surface area contributed by atoms with Gasteiger partial charge in [0.15, 0.2) is 5.65 Å². The quantitative estimate of drug-likeness (QED) is 0.231. The Morgan fingerprint density at radius 1 is 1.08 bits per heavy atom. The molecule has 0 N–H and O–H groups in total. The molecule has 5 rings (SSSR count). The van der Waals surface area contributed by atoms with E-state index >= 15 is 0 Å². The summed E-state index contributed by atoms with van der Waals surface area (Å²) in [7, 11) is 1.71. The zero-order valence-corrected chi connectivity index (χ0v) is 23.4. The molecule has 0 fully saturated rings. The Morgan fingerprint density at radius 3 is 2.53 bits per heavy atom. The number of aromatic nitrogens is 3. The van der Waals surface area contributed by atoms with E-state index in [9.17, 15) is 0 Å². The molecular weight excluding hydrogens is 488 g/mol. The van der Waals surface area contributed by atoms with Crippen molar-refractivity contribution in [2.75, 3.05) is 24.8 Å². The van der Waals surface area contributed by atoms with E-state index < -0.39 is 0 Å².